The maximum atomic E-state index is 12.6. The third-order valence-corrected chi connectivity index (χ3v) is 3.32. The van der Waals surface area contributed by atoms with Crippen LogP contribution in [0.15, 0.2) is 52.9 Å². The molecule has 0 saturated carbocycles. The van der Waals surface area contributed by atoms with Crippen molar-refractivity contribution in [1.82, 2.24) is 0 Å². The molecule has 0 aliphatic carbocycles. The molecule has 0 aliphatic heterocycles. The van der Waals surface area contributed by atoms with Gasteiger partial charge in [-0.1, -0.05) is 42.5 Å². The first kappa shape index (κ1) is 11.7. The van der Waals surface area contributed by atoms with Crippen LogP contribution in [0.5, 0.6) is 0 Å². The van der Waals surface area contributed by atoms with Gasteiger partial charge in [0.2, 0.25) is 0 Å². The van der Waals surface area contributed by atoms with Crippen molar-refractivity contribution in [3.63, 3.8) is 0 Å². The summed E-state index contributed by atoms with van der Waals surface area (Å²) in [4.78, 5) is 12.6. The van der Waals surface area contributed by atoms with Crippen molar-refractivity contribution < 1.29 is 9.21 Å². The first-order chi connectivity index (χ1) is 9.16. The van der Waals surface area contributed by atoms with Crippen LogP contribution in [0.3, 0.4) is 0 Å². The van der Waals surface area contributed by atoms with E-state index < -0.39 is 0 Å². The summed E-state index contributed by atoms with van der Waals surface area (Å²) < 4.78 is 5.45. The van der Waals surface area contributed by atoms with Crippen molar-refractivity contribution >= 4 is 16.6 Å². The van der Waals surface area contributed by atoms with Crippen LogP contribution in [0.2, 0.25) is 0 Å². The van der Waals surface area contributed by atoms with Gasteiger partial charge in [-0.25, -0.2) is 0 Å². The maximum absolute atomic E-state index is 12.6. The summed E-state index contributed by atoms with van der Waals surface area (Å²) in [6.45, 7) is 3.68. The van der Waals surface area contributed by atoms with Crippen LogP contribution in [0.25, 0.3) is 10.8 Å². The Hall–Kier alpha value is -2.35. The van der Waals surface area contributed by atoms with E-state index in [1.54, 1.807) is 6.07 Å². The normalized spacial score (nSPS) is 10.8. The van der Waals surface area contributed by atoms with E-state index in [2.05, 4.69) is 0 Å². The van der Waals surface area contributed by atoms with E-state index in [0.29, 0.717) is 11.3 Å². The largest absolute Gasteiger partial charge is 0.466 e. The van der Waals surface area contributed by atoms with Gasteiger partial charge in [0, 0.05) is 5.56 Å². The molecular formula is C17H14O2. The minimum Gasteiger partial charge on any atom is -0.466 e. The summed E-state index contributed by atoms with van der Waals surface area (Å²) in [6.07, 6.45) is 0. The van der Waals surface area contributed by atoms with Gasteiger partial charge >= 0.3 is 0 Å². The van der Waals surface area contributed by atoms with Gasteiger partial charge in [-0.05, 0) is 30.7 Å². The lowest BCUT2D eigenvalue weighted by atomic mass is 9.97. The molecular weight excluding hydrogens is 236 g/mol. The highest BCUT2D eigenvalue weighted by Crippen LogP contribution is 2.24. The van der Waals surface area contributed by atoms with Crippen LogP contribution >= 0.6 is 0 Å². The van der Waals surface area contributed by atoms with Gasteiger partial charge in [-0.2, -0.15) is 0 Å². The zero-order valence-electron chi connectivity index (χ0n) is 10.9. The summed E-state index contributed by atoms with van der Waals surface area (Å²) >= 11 is 0. The molecule has 0 aliphatic rings. The Kier molecular flexibility index (Phi) is 2.71. The number of fused-ring (bicyclic) bond motifs is 1. The van der Waals surface area contributed by atoms with Gasteiger partial charge in [-0.3, -0.25) is 4.79 Å². The van der Waals surface area contributed by atoms with Gasteiger partial charge in [0.15, 0.2) is 5.78 Å². The summed E-state index contributed by atoms with van der Waals surface area (Å²) in [5.41, 5.74) is 1.37. The average molecular weight is 250 g/mol. The third-order valence-electron chi connectivity index (χ3n) is 3.32. The molecule has 94 valence electrons. The topological polar surface area (TPSA) is 30.2 Å². The first-order valence-corrected chi connectivity index (χ1v) is 6.26. The Labute approximate surface area is 111 Å². The van der Waals surface area contributed by atoms with E-state index in [0.717, 1.165) is 22.1 Å². The summed E-state index contributed by atoms with van der Waals surface area (Å²) in [7, 11) is 0. The molecule has 1 heterocycles. The van der Waals surface area contributed by atoms with Crippen molar-refractivity contribution in [2.24, 2.45) is 0 Å². The highest BCUT2D eigenvalue weighted by Gasteiger charge is 2.17. The van der Waals surface area contributed by atoms with E-state index >= 15 is 0 Å². The molecule has 0 fully saturated rings. The number of aryl methyl sites for hydroxylation is 2. The predicted octanol–water partition coefficient (Wildman–Crippen LogP) is 4.28. The first-order valence-electron chi connectivity index (χ1n) is 6.26. The number of rotatable bonds is 2. The second kappa shape index (κ2) is 4.39. The molecule has 0 bridgehead atoms. The molecule has 19 heavy (non-hydrogen) atoms. The van der Waals surface area contributed by atoms with E-state index in [4.69, 9.17) is 4.42 Å². The van der Waals surface area contributed by atoms with Gasteiger partial charge in [0.25, 0.3) is 0 Å². The zero-order valence-corrected chi connectivity index (χ0v) is 10.9. The zero-order chi connectivity index (χ0) is 13.4. The van der Waals surface area contributed by atoms with Crippen molar-refractivity contribution in [3.05, 3.63) is 71.2 Å². The van der Waals surface area contributed by atoms with Crippen molar-refractivity contribution in [2.75, 3.05) is 0 Å². The third kappa shape index (κ3) is 1.95. The lowest BCUT2D eigenvalue weighted by molar-refractivity contribution is 0.103. The maximum Gasteiger partial charge on any atom is 0.197 e. The predicted molar refractivity (Wildman–Crippen MR) is 75.6 cm³/mol. The molecule has 2 aromatic carbocycles. The molecule has 3 rings (SSSR count). The lowest BCUT2D eigenvalue weighted by Gasteiger charge is -2.04. The summed E-state index contributed by atoms with van der Waals surface area (Å²) in [5.74, 6) is 1.46. The molecule has 0 spiro atoms. The van der Waals surface area contributed by atoms with Gasteiger partial charge in [0.1, 0.15) is 11.5 Å². The van der Waals surface area contributed by atoms with Crippen molar-refractivity contribution in [3.8, 4) is 0 Å². The lowest BCUT2D eigenvalue weighted by Crippen LogP contribution is -2.02. The number of benzene rings is 2. The molecule has 2 nitrogen and oxygen atoms in total. The molecule has 0 saturated heterocycles. The number of ketones is 1. The van der Waals surface area contributed by atoms with Gasteiger partial charge in [-0.15, -0.1) is 0 Å². The quantitative estimate of drug-likeness (QED) is 0.635. The second-order valence-corrected chi connectivity index (χ2v) is 4.68. The highest BCUT2D eigenvalue weighted by molar-refractivity contribution is 6.16. The minimum absolute atomic E-state index is 0.0196. The van der Waals surface area contributed by atoms with Crippen molar-refractivity contribution in [2.45, 2.75) is 13.8 Å². The Bertz CT molecular complexity index is 761. The Morgan fingerprint density at radius 3 is 2.42 bits per heavy atom. The molecule has 3 aromatic rings. The van der Waals surface area contributed by atoms with E-state index in [1.807, 2.05) is 56.3 Å². The molecule has 0 amide bonds. The molecule has 2 heteroatoms. The standard InChI is InChI=1S/C17H14O2/c1-11-10-16(12(2)19-11)17(18)15-9-5-7-13-6-3-4-8-14(13)15/h3-10H,1-2H3. The number of hydrogen-bond acceptors (Lipinski definition) is 2. The van der Waals surface area contributed by atoms with Gasteiger partial charge in [0.05, 0.1) is 5.56 Å². The molecule has 1 aromatic heterocycles. The smallest absolute Gasteiger partial charge is 0.197 e. The number of carbonyl (C=O) groups is 1. The van der Waals surface area contributed by atoms with Crippen LogP contribution in [0.4, 0.5) is 0 Å². The van der Waals surface area contributed by atoms with Crippen LogP contribution in [-0.4, -0.2) is 5.78 Å². The van der Waals surface area contributed by atoms with Crippen LogP contribution in [0.1, 0.15) is 27.4 Å². The average Bonchev–Trinajstić information content (AvgIpc) is 2.76. The van der Waals surface area contributed by atoms with E-state index in [1.165, 1.54) is 0 Å². The number of hydrogen-bond donors (Lipinski definition) is 0. The number of furan rings is 1. The minimum atomic E-state index is 0.0196. The Balaban J connectivity index is 2.19. The van der Waals surface area contributed by atoms with Crippen LogP contribution in [0, 0.1) is 13.8 Å². The molecule has 0 N–H and O–H groups in total. The van der Waals surface area contributed by atoms with Crippen LogP contribution < -0.4 is 0 Å². The SMILES string of the molecule is Cc1cc(C(=O)c2cccc3ccccc23)c(C)o1. The summed E-state index contributed by atoms with van der Waals surface area (Å²) in [6, 6.07) is 15.5. The van der Waals surface area contributed by atoms with Crippen molar-refractivity contribution in [1.29, 1.82) is 0 Å². The molecule has 0 radical (unpaired) electrons. The second-order valence-electron chi connectivity index (χ2n) is 4.68. The molecule has 0 atom stereocenters. The van der Waals surface area contributed by atoms with Gasteiger partial charge < -0.3 is 4.42 Å². The van der Waals surface area contributed by atoms with Crippen LogP contribution in [-0.2, 0) is 0 Å². The monoisotopic (exact) mass is 250 g/mol. The fraction of sp³-hybridized carbons (Fsp3) is 0.118. The Morgan fingerprint density at radius 1 is 0.947 bits per heavy atom. The summed E-state index contributed by atoms with van der Waals surface area (Å²) in [5, 5.41) is 2.06. The Morgan fingerprint density at radius 2 is 1.68 bits per heavy atom. The fourth-order valence-electron chi connectivity index (χ4n) is 2.42. The molecule has 0 unspecified atom stereocenters. The highest BCUT2D eigenvalue weighted by atomic mass is 16.3. The van der Waals surface area contributed by atoms with E-state index in [9.17, 15) is 4.79 Å². The fourth-order valence-corrected chi connectivity index (χ4v) is 2.42. The van der Waals surface area contributed by atoms with E-state index in [-0.39, 0.29) is 5.78 Å². The number of carbonyl (C=O) groups excluding carboxylic acids is 1.